The number of aryl methyl sites for hydroxylation is 1. The van der Waals surface area contributed by atoms with Gasteiger partial charge in [0.05, 0.1) is 11.3 Å². The Labute approximate surface area is 129 Å². The van der Waals surface area contributed by atoms with Gasteiger partial charge in [-0.3, -0.25) is 0 Å². The molecule has 1 aromatic heterocycles. The van der Waals surface area contributed by atoms with E-state index in [-0.39, 0.29) is 12.6 Å². The summed E-state index contributed by atoms with van der Waals surface area (Å²) in [6.45, 7) is 2.29. The van der Waals surface area contributed by atoms with Crippen LogP contribution in [-0.4, -0.2) is 15.7 Å². The molecule has 0 spiro atoms. The van der Waals surface area contributed by atoms with Gasteiger partial charge in [-0.25, -0.2) is 9.48 Å². The lowest BCUT2D eigenvalue weighted by molar-refractivity contribution is 0.0472. The third kappa shape index (κ3) is 3.06. The SMILES string of the molecule is Cc1ccccc1COC(=O)c1ccc(-n2cccn2)cc1. The number of rotatable bonds is 4. The number of benzene rings is 2. The van der Waals surface area contributed by atoms with E-state index in [1.54, 1.807) is 23.0 Å². The summed E-state index contributed by atoms with van der Waals surface area (Å²) >= 11 is 0. The fourth-order valence-corrected chi connectivity index (χ4v) is 2.17. The van der Waals surface area contributed by atoms with Gasteiger partial charge in [0.1, 0.15) is 6.61 Å². The highest BCUT2D eigenvalue weighted by Gasteiger charge is 2.08. The van der Waals surface area contributed by atoms with Gasteiger partial charge in [-0.2, -0.15) is 5.10 Å². The Morgan fingerprint density at radius 2 is 1.86 bits per heavy atom. The van der Waals surface area contributed by atoms with E-state index in [4.69, 9.17) is 4.74 Å². The summed E-state index contributed by atoms with van der Waals surface area (Å²) in [7, 11) is 0. The maximum absolute atomic E-state index is 12.1. The van der Waals surface area contributed by atoms with Crippen molar-refractivity contribution in [2.75, 3.05) is 0 Å². The summed E-state index contributed by atoms with van der Waals surface area (Å²) in [4.78, 5) is 12.1. The molecule has 4 nitrogen and oxygen atoms in total. The van der Waals surface area contributed by atoms with Crippen molar-refractivity contribution in [2.45, 2.75) is 13.5 Å². The zero-order valence-electron chi connectivity index (χ0n) is 12.3. The van der Waals surface area contributed by atoms with E-state index < -0.39 is 0 Å². The first kappa shape index (κ1) is 14.1. The smallest absolute Gasteiger partial charge is 0.338 e. The van der Waals surface area contributed by atoms with Gasteiger partial charge >= 0.3 is 5.97 Å². The van der Waals surface area contributed by atoms with E-state index in [2.05, 4.69) is 5.10 Å². The average Bonchev–Trinajstić information content (AvgIpc) is 3.08. The Hall–Kier alpha value is -2.88. The highest BCUT2D eigenvalue weighted by atomic mass is 16.5. The standard InChI is InChI=1S/C18H16N2O2/c1-14-5-2-3-6-16(14)13-22-18(21)15-7-9-17(10-8-15)20-12-4-11-19-20/h2-12H,13H2,1H3. The molecule has 22 heavy (non-hydrogen) atoms. The fraction of sp³-hybridized carbons (Fsp3) is 0.111. The normalized spacial score (nSPS) is 10.4. The quantitative estimate of drug-likeness (QED) is 0.691. The van der Waals surface area contributed by atoms with Gasteiger partial charge < -0.3 is 4.74 Å². The van der Waals surface area contributed by atoms with E-state index in [0.717, 1.165) is 16.8 Å². The summed E-state index contributed by atoms with van der Waals surface area (Å²) in [5.74, 6) is -0.324. The van der Waals surface area contributed by atoms with E-state index >= 15 is 0 Å². The maximum atomic E-state index is 12.1. The Morgan fingerprint density at radius 3 is 2.55 bits per heavy atom. The van der Waals surface area contributed by atoms with E-state index in [1.165, 1.54) is 0 Å². The molecule has 0 aliphatic rings. The molecule has 0 aliphatic heterocycles. The van der Waals surface area contributed by atoms with Crippen LogP contribution < -0.4 is 0 Å². The lowest BCUT2D eigenvalue weighted by Gasteiger charge is -2.08. The van der Waals surface area contributed by atoms with Crippen molar-refractivity contribution in [1.29, 1.82) is 0 Å². The van der Waals surface area contributed by atoms with E-state index in [9.17, 15) is 4.79 Å². The predicted molar refractivity (Wildman–Crippen MR) is 83.9 cm³/mol. The molecule has 0 N–H and O–H groups in total. The zero-order chi connectivity index (χ0) is 15.4. The molecule has 3 aromatic rings. The molecule has 110 valence electrons. The number of ether oxygens (including phenoxy) is 1. The summed E-state index contributed by atoms with van der Waals surface area (Å²) in [6, 6.07) is 16.9. The van der Waals surface area contributed by atoms with Crippen LogP contribution in [0.15, 0.2) is 67.0 Å². The van der Waals surface area contributed by atoms with Crippen LogP contribution >= 0.6 is 0 Å². The van der Waals surface area contributed by atoms with Crippen LogP contribution in [0.1, 0.15) is 21.5 Å². The van der Waals surface area contributed by atoms with Crippen LogP contribution in [0.2, 0.25) is 0 Å². The zero-order valence-corrected chi connectivity index (χ0v) is 12.3. The molecule has 0 unspecified atom stereocenters. The highest BCUT2D eigenvalue weighted by molar-refractivity contribution is 5.89. The summed E-state index contributed by atoms with van der Waals surface area (Å²) < 4.78 is 7.10. The second-order valence-electron chi connectivity index (χ2n) is 5.00. The number of hydrogen-bond acceptors (Lipinski definition) is 3. The first-order chi connectivity index (χ1) is 10.7. The van der Waals surface area contributed by atoms with Gasteiger partial charge in [-0.15, -0.1) is 0 Å². The number of nitrogens with zero attached hydrogens (tertiary/aromatic N) is 2. The van der Waals surface area contributed by atoms with Crippen LogP contribution in [0.4, 0.5) is 0 Å². The van der Waals surface area contributed by atoms with Crippen molar-refractivity contribution in [3.63, 3.8) is 0 Å². The van der Waals surface area contributed by atoms with Crippen molar-refractivity contribution < 1.29 is 9.53 Å². The van der Waals surface area contributed by atoms with Crippen molar-refractivity contribution in [3.8, 4) is 5.69 Å². The summed E-state index contributed by atoms with van der Waals surface area (Å²) in [5, 5.41) is 4.15. The molecule has 0 bridgehead atoms. The molecule has 0 amide bonds. The average molecular weight is 292 g/mol. The molecule has 0 aliphatic carbocycles. The predicted octanol–water partition coefficient (Wildman–Crippen LogP) is 3.54. The Kier molecular flexibility index (Phi) is 4.01. The lowest BCUT2D eigenvalue weighted by atomic mass is 10.1. The first-order valence-electron chi connectivity index (χ1n) is 7.06. The van der Waals surface area contributed by atoms with Crippen molar-refractivity contribution in [1.82, 2.24) is 9.78 Å². The molecule has 0 atom stereocenters. The molecule has 0 saturated heterocycles. The van der Waals surface area contributed by atoms with Crippen molar-refractivity contribution in [3.05, 3.63) is 83.7 Å². The first-order valence-corrected chi connectivity index (χ1v) is 7.06. The molecule has 4 heteroatoms. The molecule has 0 fully saturated rings. The monoisotopic (exact) mass is 292 g/mol. The third-order valence-corrected chi connectivity index (χ3v) is 3.49. The van der Waals surface area contributed by atoms with Gasteiger partial charge in [0.2, 0.25) is 0 Å². The van der Waals surface area contributed by atoms with Gasteiger partial charge in [-0.1, -0.05) is 24.3 Å². The lowest BCUT2D eigenvalue weighted by Crippen LogP contribution is -2.06. The molecule has 1 heterocycles. The molecule has 0 saturated carbocycles. The maximum Gasteiger partial charge on any atom is 0.338 e. The largest absolute Gasteiger partial charge is 0.457 e. The Balaban J connectivity index is 1.67. The highest BCUT2D eigenvalue weighted by Crippen LogP contribution is 2.12. The number of esters is 1. The number of hydrogen-bond donors (Lipinski definition) is 0. The minimum Gasteiger partial charge on any atom is -0.457 e. The molecule has 2 aromatic carbocycles. The van der Waals surface area contributed by atoms with Crippen LogP contribution in [0.5, 0.6) is 0 Å². The van der Waals surface area contributed by atoms with Gasteiger partial charge in [-0.05, 0) is 48.4 Å². The van der Waals surface area contributed by atoms with Crippen LogP contribution in [0, 0.1) is 6.92 Å². The summed E-state index contributed by atoms with van der Waals surface area (Å²) in [5.41, 5.74) is 3.57. The van der Waals surface area contributed by atoms with Gasteiger partial charge in [0, 0.05) is 12.4 Å². The van der Waals surface area contributed by atoms with Crippen LogP contribution in [0.3, 0.4) is 0 Å². The minimum atomic E-state index is -0.324. The van der Waals surface area contributed by atoms with Crippen molar-refractivity contribution in [2.24, 2.45) is 0 Å². The number of carbonyl (C=O) groups excluding carboxylic acids is 1. The molecule has 0 radical (unpaired) electrons. The topological polar surface area (TPSA) is 44.1 Å². The molecular formula is C18H16N2O2. The second kappa shape index (κ2) is 6.26. The minimum absolute atomic E-state index is 0.284. The Bertz CT molecular complexity index is 762. The van der Waals surface area contributed by atoms with Crippen molar-refractivity contribution >= 4 is 5.97 Å². The van der Waals surface area contributed by atoms with Crippen LogP contribution in [0.25, 0.3) is 5.69 Å². The van der Waals surface area contributed by atoms with E-state index in [1.807, 2.05) is 55.6 Å². The third-order valence-electron chi connectivity index (χ3n) is 3.49. The second-order valence-corrected chi connectivity index (χ2v) is 5.00. The fourth-order valence-electron chi connectivity index (χ4n) is 2.17. The molecular weight excluding hydrogens is 276 g/mol. The van der Waals surface area contributed by atoms with Crippen LogP contribution in [-0.2, 0) is 11.3 Å². The summed E-state index contributed by atoms with van der Waals surface area (Å²) in [6.07, 6.45) is 3.57. The van der Waals surface area contributed by atoms with Gasteiger partial charge in [0.15, 0.2) is 0 Å². The number of aromatic nitrogens is 2. The van der Waals surface area contributed by atoms with E-state index in [0.29, 0.717) is 5.56 Å². The Morgan fingerprint density at radius 1 is 1.09 bits per heavy atom. The molecule has 3 rings (SSSR count). The van der Waals surface area contributed by atoms with Gasteiger partial charge in [0.25, 0.3) is 0 Å². The number of carbonyl (C=O) groups is 1.